The topological polar surface area (TPSA) is 58.4 Å². The maximum absolute atomic E-state index is 12.3. The summed E-state index contributed by atoms with van der Waals surface area (Å²) in [5.41, 5.74) is 8.19. The fourth-order valence-electron chi connectivity index (χ4n) is 2.45. The molecular formula is C15H23N3O. The van der Waals surface area contributed by atoms with E-state index in [1.807, 2.05) is 4.90 Å². The van der Waals surface area contributed by atoms with Gasteiger partial charge in [0, 0.05) is 32.6 Å². The van der Waals surface area contributed by atoms with Crippen molar-refractivity contribution in [2.24, 2.45) is 5.73 Å². The Bertz CT molecular complexity index is 416. The molecule has 4 heteroatoms. The van der Waals surface area contributed by atoms with Gasteiger partial charge in [-0.05, 0) is 18.9 Å². The van der Waals surface area contributed by atoms with E-state index in [2.05, 4.69) is 36.5 Å². The molecule has 1 amide bonds. The number of piperazine rings is 1. The Morgan fingerprint density at radius 1 is 1.42 bits per heavy atom. The first-order valence-corrected chi connectivity index (χ1v) is 6.96. The smallest absolute Gasteiger partial charge is 0.223 e. The molecule has 1 aliphatic rings. The summed E-state index contributed by atoms with van der Waals surface area (Å²) in [6.45, 7) is 5.05. The number of carbonyl (C=O) groups excluding carboxylic acids is 1. The van der Waals surface area contributed by atoms with Crippen molar-refractivity contribution in [3.8, 4) is 0 Å². The summed E-state index contributed by atoms with van der Waals surface area (Å²) >= 11 is 0. The monoisotopic (exact) mass is 261 g/mol. The van der Waals surface area contributed by atoms with Crippen LogP contribution in [0, 0.1) is 6.92 Å². The van der Waals surface area contributed by atoms with E-state index < -0.39 is 0 Å². The summed E-state index contributed by atoms with van der Waals surface area (Å²) in [4.78, 5) is 14.2. The third-order valence-electron chi connectivity index (χ3n) is 3.69. The molecule has 2 rings (SSSR count). The molecule has 1 aromatic rings. The zero-order valence-corrected chi connectivity index (χ0v) is 11.6. The molecule has 1 saturated heterocycles. The van der Waals surface area contributed by atoms with Crippen LogP contribution in [-0.2, 0) is 11.2 Å². The molecule has 0 aliphatic carbocycles. The first-order valence-electron chi connectivity index (χ1n) is 6.96. The summed E-state index contributed by atoms with van der Waals surface area (Å²) in [7, 11) is 0. The highest BCUT2D eigenvalue weighted by Crippen LogP contribution is 2.10. The largest absolute Gasteiger partial charge is 0.336 e. The Hall–Kier alpha value is -1.39. The van der Waals surface area contributed by atoms with Gasteiger partial charge in [0.25, 0.3) is 0 Å². The molecule has 0 aromatic heterocycles. The van der Waals surface area contributed by atoms with Gasteiger partial charge in [-0.15, -0.1) is 0 Å². The van der Waals surface area contributed by atoms with Crippen LogP contribution >= 0.6 is 0 Å². The predicted molar refractivity (Wildman–Crippen MR) is 76.9 cm³/mol. The number of benzene rings is 1. The van der Waals surface area contributed by atoms with Crippen LogP contribution in [0.25, 0.3) is 0 Å². The van der Waals surface area contributed by atoms with Crippen molar-refractivity contribution in [2.75, 3.05) is 26.2 Å². The fraction of sp³-hybridized carbons (Fsp3) is 0.533. The molecule has 1 aromatic carbocycles. The standard InChI is InChI=1S/C15H23N3O/c1-12-2-4-13(5-3-12)6-7-15(19)18-9-8-17-11-14(18)10-16/h2-5,14,17H,6-11,16H2,1H3. The first kappa shape index (κ1) is 14.0. The van der Waals surface area contributed by atoms with Gasteiger partial charge in [0.05, 0.1) is 6.04 Å². The minimum atomic E-state index is 0.152. The SMILES string of the molecule is Cc1ccc(CCC(=O)N2CCNCC2CN)cc1. The molecule has 19 heavy (non-hydrogen) atoms. The lowest BCUT2D eigenvalue weighted by molar-refractivity contribution is -0.134. The number of nitrogens with one attached hydrogen (secondary N) is 1. The van der Waals surface area contributed by atoms with Gasteiger partial charge < -0.3 is 16.0 Å². The molecule has 0 saturated carbocycles. The number of nitrogens with two attached hydrogens (primary N) is 1. The maximum atomic E-state index is 12.3. The molecule has 1 atom stereocenters. The van der Waals surface area contributed by atoms with Crippen molar-refractivity contribution < 1.29 is 4.79 Å². The van der Waals surface area contributed by atoms with Gasteiger partial charge in [0.15, 0.2) is 0 Å². The highest BCUT2D eigenvalue weighted by molar-refractivity contribution is 5.77. The zero-order chi connectivity index (χ0) is 13.7. The second-order valence-electron chi connectivity index (χ2n) is 5.17. The molecule has 1 fully saturated rings. The van der Waals surface area contributed by atoms with E-state index in [-0.39, 0.29) is 11.9 Å². The summed E-state index contributed by atoms with van der Waals surface area (Å²) in [5, 5.41) is 3.28. The molecule has 1 unspecified atom stereocenters. The highest BCUT2D eigenvalue weighted by Gasteiger charge is 2.24. The van der Waals surface area contributed by atoms with Crippen LogP contribution in [0.3, 0.4) is 0 Å². The summed E-state index contributed by atoms with van der Waals surface area (Å²) < 4.78 is 0. The van der Waals surface area contributed by atoms with Crippen LogP contribution in [0.1, 0.15) is 17.5 Å². The summed E-state index contributed by atoms with van der Waals surface area (Å²) in [6.07, 6.45) is 1.37. The van der Waals surface area contributed by atoms with E-state index in [0.29, 0.717) is 13.0 Å². The van der Waals surface area contributed by atoms with E-state index in [1.54, 1.807) is 0 Å². The van der Waals surface area contributed by atoms with Gasteiger partial charge in [-0.25, -0.2) is 0 Å². The zero-order valence-electron chi connectivity index (χ0n) is 11.6. The lowest BCUT2D eigenvalue weighted by Crippen LogP contribution is -2.56. The highest BCUT2D eigenvalue weighted by atomic mass is 16.2. The third-order valence-corrected chi connectivity index (χ3v) is 3.69. The van der Waals surface area contributed by atoms with Crippen molar-refractivity contribution in [2.45, 2.75) is 25.8 Å². The van der Waals surface area contributed by atoms with Crippen LogP contribution < -0.4 is 11.1 Å². The van der Waals surface area contributed by atoms with Gasteiger partial charge in [-0.2, -0.15) is 0 Å². The van der Waals surface area contributed by atoms with Crippen LogP contribution in [0.15, 0.2) is 24.3 Å². The molecule has 104 valence electrons. The Morgan fingerprint density at radius 2 is 2.16 bits per heavy atom. The number of hydrogen-bond donors (Lipinski definition) is 2. The molecule has 0 radical (unpaired) electrons. The van der Waals surface area contributed by atoms with E-state index in [0.717, 1.165) is 26.1 Å². The van der Waals surface area contributed by atoms with E-state index >= 15 is 0 Å². The first-order chi connectivity index (χ1) is 9.20. The lowest BCUT2D eigenvalue weighted by Gasteiger charge is -2.35. The third kappa shape index (κ3) is 3.78. The predicted octanol–water partition coefficient (Wildman–Crippen LogP) is 0.687. The average molecular weight is 261 g/mol. The molecule has 4 nitrogen and oxygen atoms in total. The maximum Gasteiger partial charge on any atom is 0.223 e. The number of aryl methyl sites for hydroxylation is 2. The van der Waals surface area contributed by atoms with Gasteiger partial charge in [0.1, 0.15) is 0 Å². The van der Waals surface area contributed by atoms with Crippen molar-refractivity contribution >= 4 is 5.91 Å². The van der Waals surface area contributed by atoms with Crippen molar-refractivity contribution in [1.29, 1.82) is 0 Å². The second-order valence-corrected chi connectivity index (χ2v) is 5.17. The number of amides is 1. The number of nitrogens with zero attached hydrogens (tertiary/aromatic N) is 1. The second kappa shape index (κ2) is 6.68. The molecular weight excluding hydrogens is 238 g/mol. The molecule has 0 spiro atoms. The van der Waals surface area contributed by atoms with Crippen molar-refractivity contribution in [1.82, 2.24) is 10.2 Å². The Kier molecular flexibility index (Phi) is 4.93. The van der Waals surface area contributed by atoms with Crippen molar-refractivity contribution in [3.63, 3.8) is 0 Å². The minimum Gasteiger partial charge on any atom is -0.336 e. The molecule has 1 aliphatic heterocycles. The Balaban J connectivity index is 1.87. The molecule has 0 bridgehead atoms. The van der Waals surface area contributed by atoms with Gasteiger partial charge in [-0.3, -0.25) is 4.79 Å². The minimum absolute atomic E-state index is 0.152. The Labute approximate surface area is 115 Å². The fourth-order valence-corrected chi connectivity index (χ4v) is 2.45. The van der Waals surface area contributed by atoms with Gasteiger partial charge >= 0.3 is 0 Å². The van der Waals surface area contributed by atoms with Crippen LogP contribution in [0.4, 0.5) is 0 Å². The average Bonchev–Trinajstić information content (AvgIpc) is 2.46. The van der Waals surface area contributed by atoms with Gasteiger partial charge in [-0.1, -0.05) is 29.8 Å². The summed E-state index contributed by atoms with van der Waals surface area (Å²) in [6, 6.07) is 8.53. The van der Waals surface area contributed by atoms with E-state index in [9.17, 15) is 4.79 Å². The number of carbonyl (C=O) groups is 1. The van der Waals surface area contributed by atoms with Crippen LogP contribution in [-0.4, -0.2) is 43.0 Å². The molecule has 3 N–H and O–H groups in total. The number of rotatable bonds is 4. The molecule has 1 heterocycles. The van der Waals surface area contributed by atoms with Crippen LogP contribution in [0.5, 0.6) is 0 Å². The normalized spacial score (nSPS) is 19.5. The quantitative estimate of drug-likeness (QED) is 0.838. The van der Waals surface area contributed by atoms with Crippen LogP contribution in [0.2, 0.25) is 0 Å². The number of hydrogen-bond acceptors (Lipinski definition) is 3. The van der Waals surface area contributed by atoms with Crippen molar-refractivity contribution in [3.05, 3.63) is 35.4 Å². The lowest BCUT2D eigenvalue weighted by atomic mass is 10.1. The van der Waals surface area contributed by atoms with Gasteiger partial charge in [0.2, 0.25) is 5.91 Å². The summed E-state index contributed by atoms with van der Waals surface area (Å²) in [5.74, 6) is 0.220. The Morgan fingerprint density at radius 3 is 2.84 bits per heavy atom. The van der Waals surface area contributed by atoms with E-state index in [1.165, 1.54) is 11.1 Å². The van der Waals surface area contributed by atoms with E-state index in [4.69, 9.17) is 5.73 Å².